The lowest BCUT2D eigenvalue weighted by Gasteiger charge is -2.16. The molecule has 0 aromatic rings. The van der Waals surface area contributed by atoms with E-state index in [2.05, 4.69) is 11.9 Å². The van der Waals surface area contributed by atoms with Crippen LogP contribution < -0.4 is 5.73 Å². The first-order valence-corrected chi connectivity index (χ1v) is 4.75. The van der Waals surface area contributed by atoms with Crippen LogP contribution in [0.25, 0.3) is 0 Å². The van der Waals surface area contributed by atoms with Crippen molar-refractivity contribution in [2.45, 2.75) is 12.8 Å². The van der Waals surface area contributed by atoms with Crippen LogP contribution in [0, 0.1) is 11.8 Å². The summed E-state index contributed by atoms with van der Waals surface area (Å²) in [6.45, 7) is 3.25. The number of nitrogens with two attached hydrogens (primary N) is 1. The molecule has 0 bridgehead atoms. The molecule has 0 saturated carbocycles. The molecule has 72 valence electrons. The van der Waals surface area contributed by atoms with E-state index in [1.807, 2.05) is 0 Å². The summed E-state index contributed by atoms with van der Waals surface area (Å²) in [6, 6.07) is 0. The zero-order chi connectivity index (χ0) is 8.97. The number of likely N-dealkylation sites (tertiary alicyclic amines) is 1. The molecule has 1 aliphatic rings. The molecule has 0 radical (unpaired) electrons. The molecule has 0 aliphatic carbocycles. The van der Waals surface area contributed by atoms with Gasteiger partial charge in [0.25, 0.3) is 0 Å². The molecule has 0 spiro atoms. The SMILES string of the molecule is CN1CCC(CC(CN)CO)C1. The van der Waals surface area contributed by atoms with Crippen LogP contribution in [-0.2, 0) is 0 Å². The fourth-order valence-electron chi connectivity index (χ4n) is 1.94. The largest absolute Gasteiger partial charge is 0.396 e. The van der Waals surface area contributed by atoms with Crippen LogP contribution in [0.3, 0.4) is 0 Å². The van der Waals surface area contributed by atoms with Crippen LogP contribution in [-0.4, -0.2) is 43.3 Å². The first-order chi connectivity index (χ1) is 5.76. The second kappa shape index (κ2) is 4.80. The fraction of sp³-hybridized carbons (Fsp3) is 1.00. The summed E-state index contributed by atoms with van der Waals surface area (Å²) in [5.74, 6) is 1.08. The molecule has 1 rings (SSSR count). The van der Waals surface area contributed by atoms with E-state index in [9.17, 15) is 0 Å². The van der Waals surface area contributed by atoms with Crippen molar-refractivity contribution in [3.8, 4) is 0 Å². The molecule has 3 nitrogen and oxygen atoms in total. The summed E-state index contributed by atoms with van der Waals surface area (Å²) in [5.41, 5.74) is 5.52. The maximum Gasteiger partial charge on any atom is 0.0471 e. The lowest BCUT2D eigenvalue weighted by molar-refractivity contribution is 0.205. The number of nitrogens with zero attached hydrogens (tertiary/aromatic N) is 1. The van der Waals surface area contributed by atoms with Crippen LogP contribution in [0.15, 0.2) is 0 Å². The third kappa shape index (κ3) is 2.73. The Morgan fingerprint density at radius 1 is 1.67 bits per heavy atom. The molecule has 2 atom stereocenters. The van der Waals surface area contributed by atoms with E-state index in [-0.39, 0.29) is 6.61 Å². The third-order valence-electron chi connectivity index (χ3n) is 2.75. The molecule has 0 aromatic heterocycles. The Labute approximate surface area is 74.5 Å². The van der Waals surface area contributed by atoms with Gasteiger partial charge < -0.3 is 15.7 Å². The smallest absolute Gasteiger partial charge is 0.0471 e. The van der Waals surface area contributed by atoms with Gasteiger partial charge in [0, 0.05) is 13.2 Å². The van der Waals surface area contributed by atoms with Crippen molar-refractivity contribution in [3.05, 3.63) is 0 Å². The summed E-state index contributed by atoms with van der Waals surface area (Å²) in [5, 5.41) is 8.96. The molecule has 0 amide bonds. The van der Waals surface area contributed by atoms with E-state index < -0.39 is 0 Å². The van der Waals surface area contributed by atoms with E-state index >= 15 is 0 Å². The van der Waals surface area contributed by atoms with Crippen molar-refractivity contribution in [1.29, 1.82) is 0 Å². The van der Waals surface area contributed by atoms with Gasteiger partial charge in [-0.15, -0.1) is 0 Å². The van der Waals surface area contributed by atoms with E-state index in [1.54, 1.807) is 0 Å². The Kier molecular flexibility index (Phi) is 3.98. The minimum atomic E-state index is 0.247. The van der Waals surface area contributed by atoms with Crippen molar-refractivity contribution in [2.24, 2.45) is 17.6 Å². The van der Waals surface area contributed by atoms with Gasteiger partial charge in [-0.25, -0.2) is 0 Å². The van der Waals surface area contributed by atoms with Gasteiger partial charge in [-0.3, -0.25) is 0 Å². The average molecular weight is 172 g/mol. The van der Waals surface area contributed by atoms with E-state index in [0.29, 0.717) is 12.5 Å². The summed E-state index contributed by atoms with van der Waals surface area (Å²) in [6.07, 6.45) is 2.37. The van der Waals surface area contributed by atoms with Crippen molar-refractivity contribution < 1.29 is 5.11 Å². The van der Waals surface area contributed by atoms with Gasteiger partial charge in [-0.1, -0.05) is 0 Å². The molecule has 1 fully saturated rings. The lowest BCUT2D eigenvalue weighted by atomic mass is 9.94. The molecule has 0 aromatic carbocycles. The van der Waals surface area contributed by atoms with Gasteiger partial charge in [-0.05, 0) is 44.8 Å². The van der Waals surface area contributed by atoms with Crippen LogP contribution in [0.5, 0.6) is 0 Å². The van der Waals surface area contributed by atoms with Crippen LogP contribution in [0.2, 0.25) is 0 Å². The monoisotopic (exact) mass is 172 g/mol. The van der Waals surface area contributed by atoms with Gasteiger partial charge in [0.1, 0.15) is 0 Å². The lowest BCUT2D eigenvalue weighted by Crippen LogP contribution is -2.22. The second-order valence-electron chi connectivity index (χ2n) is 3.94. The van der Waals surface area contributed by atoms with Gasteiger partial charge in [-0.2, -0.15) is 0 Å². The van der Waals surface area contributed by atoms with E-state index in [4.69, 9.17) is 10.8 Å². The normalized spacial score (nSPS) is 27.8. The molecule has 3 N–H and O–H groups in total. The first-order valence-electron chi connectivity index (χ1n) is 4.75. The highest BCUT2D eigenvalue weighted by atomic mass is 16.3. The molecular weight excluding hydrogens is 152 g/mol. The Hall–Kier alpha value is -0.120. The molecular formula is C9H20N2O. The minimum absolute atomic E-state index is 0.247. The molecule has 1 heterocycles. The first kappa shape index (κ1) is 9.96. The Bertz CT molecular complexity index is 126. The predicted molar refractivity (Wildman–Crippen MR) is 49.9 cm³/mol. The van der Waals surface area contributed by atoms with Crippen LogP contribution in [0.4, 0.5) is 0 Å². The van der Waals surface area contributed by atoms with Crippen LogP contribution in [0.1, 0.15) is 12.8 Å². The maximum absolute atomic E-state index is 8.96. The second-order valence-corrected chi connectivity index (χ2v) is 3.94. The standard InChI is InChI=1S/C9H20N2O/c1-11-3-2-8(6-11)4-9(5-10)7-12/h8-9,12H,2-7,10H2,1H3. The highest BCUT2D eigenvalue weighted by Crippen LogP contribution is 2.21. The number of hydrogen-bond acceptors (Lipinski definition) is 3. The third-order valence-corrected chi connectivity index (χ3v) is 2.75. The fourth-order valence-corrected chi connectivity index (χ4v) is 1.94. The molecule has 1 saturated heterocycles. The van der Waals surface area contributed by atoms with Crippen molar-refractivity contribution in [2.75, 3.05) is 33.3 Å². The Balaban J connectivity index is 2.21. The summed E-state index contributed by atoms with van der Waals surface area (Å²) in [7, 11) is 2.15. The molecule has 2 unspecified atom stereocenters. The Morgan fingerprint density at radius 3 is 2.83 bits per heavy atom. The molecule has 1 aliphatic heterocycles. The average Bonchev–Trinajstić information content (AvgIpc) is 2.47. The summed E-state index contributed by atoms with van der Waals surface area (Å²) in [4.78, 5) is 2.34. The highest BCUT2D eigenvalue weighted by molar-refractivity contribution is 4.75. The van der Waals surface area contributed by atoms with Crippen molar-refractivity contribution in [3.63, 3.8) is 0 Å². The Morgan fingerprint density at radius 2 is 2.42 bits per heavy atom. The van der Waals surface area contributed by atoms with Gasteiger partial charge in [0.2, 0.25) is 0 Å². The van der Waals surface area contributed by atoms with E-state index in [0.717, 1.165) is 12.3 Å². The minimum Gasteiger partial charge on any atom is -0.396 e. The van der Waals surface area contributed by atoms with E-state index in [1.165, 1.54) is 19.5 Å². The predicted octanol–water partition coefficient (Wildman–Crippen LogP) is -0.105. The van der Waals surface area contributed by atoms with Gasteiger partial charge >= 0.3 is 0 Å². The summed E-state index contributed by atoms with van der Waals surface area (Å²) < 4.78 is 0. The maximum atomic E-state index is 8.96. The van der Waals surface area contributed by atoms with Gasteiger partial charge in [0.05, 0.1) is 0 Å². The van der Waals surface area contributed by atoms with Crippen molar-refractivity contribution in [1.82, 2.24) is 4.90 Å². The number of aliphatic hydroxyl groups is 1. The quantitative estimate of drug-likeness (QED) is 0.622. The van der Waals surface area contributed by atoms with Gasteiger partial charge in [0.15, 0.2) is 0 Å². The zero-order valence-corrected chi connectivity index (χ0v) is 7.87. The number of aliphatic hydroxyl groups excluding tert-OH is 1. The molecule has 3 heteroatoms. The zero-order valence-electron chi connectivity index (χ0n) is 7.87. The number of hydrogen-bond donors (Lipinski definition) is 2. The van der Waals surface area contributed by atoms with Crippen LogP contribution >= 0.6 is 0 Å². The topological polar surface area (TPSA) is 49.5 Å². The highest BCUT2D eigenvalue weighted by Gasteiger charge is 2.21. The number of rotatable bonds is 4. The van der Waals surface area contributed by atoms with Crippen molar-refractivity contribution >= 4 is 0 Å². The molecule has 12 heavy (non-hydrogen) atoms. The summed E-state index contributed by atoms with van der Waals surface area (Å²) >= 11 is 0.